The van der Waals surface area contributed by atoms with E-state index in [9.17, 15) is 9.59 Å². The lowest BCUT2D eigenvalue weighted by molar-refractivity contribution is -0.121. The molecule has 0 fully saturated rings. The van der Waals surface area contributed by atoms with Crippen LogP contribution in [0.25, 0.3) is 21.3 Å². The second kappa shape index (κ2) is 7.61. The number of fused-ring (bicyclic) bond motifs is 1. The number of rotatable bonds is 6. The Balaban J connectivity index is 1.93. The number of unbranched alkanes of at least 4 members (excludes halogenated alkanes) is 1. The molecule has 0 saturated heterocycles. The van der Waals surface area contributed by atoms with Crippen molar-refractivity contribution in [3.8, 4) is 11.1 Å². The molecule has 1 amide bonds. The van der Waals surface area contributed by atoms with E-state index in [-0.39, 0.29) is 18.0 Å². The van der Waals surface area contributed by atoms with Gasteiger partial charge >= 0.3 is 0 Å². The second-order valence-electron chi connectivity index (χ2n) is 6.08. The summed E-state index contributed by atoms with van der Waals surface area (Å²) in [5.41, 5.74) is 2.86. The number of aromatic nitrogens is 2. The zero-order chi connectivity index (χ0) is 17.8. The van der Waals surface area contributed by atoms with Gasteiger partial charge in [0, 0.05) is 17.5 Å². The number of nitrogens with one attached hydrogen (secondary N) is 1. The first-order valence-electron chi connectivity index (χ1n) is 8.40. The second-order valence-corrected chi connectivity index (χ2v) is 6.93. The molecule has 0 aliphatic rings. The van der Waals surface area contributed by atoms with Crippen molar-refractivity contribution in [1.29, 1.82) is 0 Å². The lowest BCUT2D eigenvalue weighted by Crippen LogP contribution is -2.32. The lowest BCUT2D eigenvalue weighted by atomic mass is 10.1. The predicted octanol–water partition coefficient (Wildman–Crippen LogP) is 3.35. The van der Waals surface area contributed by atoms with Crippen LogP contribution in [0.5, 0.6) is 0 Å². The molecule has 3 aromatic rings. The molecule has 0 bridgehead atoms. The van der Waals surface area contributed by atoms with E-state index >= 15 is 0 Å². The van der Waals surface area contributed by atoms with E-state index < -0.39 is 0 Å². The van der Waals surface area contributed by atoms with Crippen molar-refractivity contribution >= 4 is 27.5 Å². The van der Waals surface area contributed by atoms with Gasteiger partial charge < -0.3 is 5.32 Å². The highest BCUT2D eigenvalue weighted by Crippen LogP contribution is 2.30. The third kappa shape index (κ3) is 3.79. The predicted molar refractivity (Wildman–Crippen MR) is 102 cm³/mol. The standard InChI is InChI=1S/C19H21N3O2S/c1-3-4-9-20-16(23)10-22-12-21-18-17(19(22)24)15(11-25-18)14-7-5-13(2)6-8-14/h5-8,11-12H,3-4,9-10H2,1-2H3,(H,20,23). The van der Waals surface area contributed by atoms with Crippen molar-refractivity contribution in [3.05, 3.63) is 51.9 Å². The Hall–Kier alpha value is -2.47. The Morgan fingerprint density at radius 2 is 2.04 bits per heavy atom. The summed E-state index contributed by atoms with van der Waals surface area (Å²) in [6, 6.07) is 8.06. The van der Waals surface area contributed by atoms with Crippen LogP contribution in [0, 0.1) is 6.92 Å². The number of carbonyl (C=O) groups excluding carboxylic acids is 1. The van der Waals surface area contributed by atoms with E-state index in [1.54, 1.807) is 0 Å². The molecule has 5 nitrogen and oxygen atoms in total. The zero-order valence-corrected chi connectivity index (χ0v) is 15.2. The number of thiophene rings is 1. The smallest absolute Gasteiger partial charge is 0.263 e. The molecule has 0 atom stereocenters. The van der Waals surface area contributed by atoms with Crippen molar-refractivity contribution in [2.24, 2.45) is 0 Å². The van der Waals surface area contributed by atoms with E-state index in [0.717, 1.165) is 24.0 Å². The largest absolute Gasteiger partial charge is 0.355 e. The van der Waals surface area contributed by atoms with Crippen LogP contribution in [0.2, 0.25) is 0 Å². The molecule has 3 rings (SSSR count). The number of hydrogen-bond acceptors (Lipinski definition) is 4. The number of aryl methyl sites for hydroxylation is 1. The molecule has 0 spiro atoms. The van der Waals surface area contributed by atoms with Gasteiger partial charge in [0.25, 0.3) is 5.56 Å². The van der Waals surface area contributed by atoms with Crippen molar-refractivity contribution < 1.29 is 4.79 Å². The molecule has 1 N–H and O–H groups in total. The fraction of sp³-hybridized carbons (Fsp3) is 0.316. The molecule has 2 heterocycles. The van der Waals surface area contributed by atoms with Crippen molar-refractivity contribution in [2.45, 2.75) is 33.2 Å². The number of benzene rings is 1. The third-order valence-corrected chi connectivity index (χ3v) is 4.98. The van der Waals surface area contributed by atoms with E-state index in [0.29, 0.717) is 16.8 Å². The van der Waals surface area contributed by atoms with Gasteiger partial charge in [-0.15, -0.1) is 11.3 Å². The van der Waals surface area contributed by atoms with E-state index in [1.165, 1.54) is 27.8 Å². The zero-order valence-electron chi connectivity index (χ0n) is 14.4. The number of carbonyl (C=O) groups is 1. The highest BCUT2D eigenvalue weighted by Gasteiger charge is 2.14. The normalized spacial score (nSPS) is 11.0. The Kier molecular flexibility index (Phi) is 5.28. The minimum absolute atomic E-state index is 0.00529. The maximum Gasteiger partial charge on any atom is 0.263 e. The fourth-order valence-corrected chi connectivity index (χ4v) is 3.55. The van der Waals surface area contributed by atoms with Crippen LogP contribution in [0.4, 0.5) is 0 Å². The van der Waals surface area contributed by atoms with Gasteiger partial charge in [0.15, 0.2) is 0 Å². The van der Waals surface area contributed by atoms with Crippen LogP contribution in [-0.4, -0.2) is 22.0 Å². The third-order valence-electron chi connectivity index (χ3n) is 4.09. The fourth-order valence-electron chi connectivity index (χ4n) is 2.64. The minimum Gasteiger partial charge on any atom is -0.355 e. The van der Waals surface area contributed by atoms with Gasteiger partial charge in [0.05, 0.1) is 11.7 Å². The summed E-state index contributed by atoms with van der Waals surface area (Å²) >= 11 is 1.45. The van der Waals surface area contributed by atoms with Gasteiger partial charge in [0.1, 0.15) is 11.4 Å². The molecular formula is C19H21N3O2S. The quantitative estimate of drug-likeness (QED) is 0.690. The van der Waals surface area contributed by atoms with Crippen LogP contribution < -0.4 is 10.9 Å². The summed E-state index contributed by atoms with van der Waals surface area (Å²) in [6.45, 7) is 4.72. The first-order valence-corrected chi connectivity index (χ1v) is 9.28. The van der Waals surface area contributed by atoms with Gasteiger partial charge in [0.2, 0.25) is 5.91 Å². The van der Waals surface area contributed by atoms with Crippen LogP contribution in [0.3, 0.4) is 0 Å². The Labute approximate surface area is 150 Å². The first-order chi connectivity index (χ1) is 12.1. The van der Waals surface area contributed by atoms with Crippen molar-refractivity contribution in [2.75, 3.05) is 6.54 Å². The van der Waals surface area contributed by atoms with E-state index in [2.05, 4.69) is 17.2 Å². The lowest BCUT2D eigenvalue weighted by Gasteiger charge is -2.07. The number of amides is 1. The van der Waals surface area contributed by atoms with Gasteiger partial charge in [-0.25, -0.2) is 4.98 Å². The van der Waals surface area contributed by atoms with Crippen molar-refractivity contribution in [3.63, 3.8) is 0 Å². The average molecular weight is 355 g/mol. The van der Waals surface area contributed by atoms with Gasteiger partial charge in [-0.2, -0.15) is 0 Å². The molecule has 0 aliphatic heterocycles. The molecule has 0 unspecified atom stereocenters. The molecule has 130 valence electrons. The Bertz CT molecular complexity index is 941. The maximum atomic E-state index is 12.9. The van der Waals surface area contributed by atoms with Gasteiger partial charge in [-0.1, -0.05) is 43.2 Å². The SMILES string of the molecule is CCCCNC(=O)Cn1cnc2scc(-c3ccc(C)cc3)c2c1=O. The van der Waals surface area contributed by atoms with E-state index in [1.807, 2.05) is 36.6 Å². The molecule has 2 aromatic heterocycles. The molecule has 0 saturated carbocycles. The molecule has 1 aromatic carbocycles. The van der Waals surface area contributed by atoms with Crippen LogP contribution in [0.1, 0.15) is 25.3 Å². The number of nitrogens with zero attached hydrogens (tertiary/aromatic N) is 2. The van der Waals surface area contributed by atoms with Crippen molar-refractivity contribution in [1.82, 2.24) is 14.9 Å². The summed E-state index contributed by atoms with van der Waals surface area (Å²) in [4.78, 5) is 29.9. The van der Waals surface area contributed by atoms with Gasteiger partial charge in [-0.3, -0.25) is 14.2 Å². The molecule has 0 radical (unpaired) electrons. The Morgan fingerprint density at radius 1 is 1.28 bits per heavy atom. The van der Waals surface area contributed by atoms with Crippen LogP contribution >= 0.6 is 11.3 Å². The molecular weight excluding hydrogens is 334 g/mol. The molecule has 6 heteroatoms. The highest BCUT2D eigenvalue weighted by molar-refractivity contribution is 7.17. The summed E-state index contributed by atoms with van der Waals surface area (Å²) in [7, 11) is 0. The summed E-state index contributed by atoms with van der Waals surface area (Å²) in [6.07, 6.45) is 3.40. The maximum absolute atomic E-state index is 12.9. The monoisotopic (exact) mass is 355 g/mol. The summed E-state index contributed by atoms with van der Waals surface area (Å²) in [5, 5.41) is 5.36. The average Bonchev–Trinajstić information content (AvgIpc) is 3.03. The summed E-state index contributed by atoms with van der Waals surface area (Å²) in [5.74, 6) is -0.163. The summed E-state index contributed by atoms with van der Waals surface area (Å²) < 4.78 is 1.38. The highest BCUT2D eigenvalue weighted by atomic mass is 32.1. The van der Waals surface area contributed by atoms with E-state index in [4.69, 9.17) is 0 Å². The van der Waals surface area contributed by atoms with Crippen LogP contribution in [-0.2, 0) is 11.3 Å². The van der Waals surface area contributed by atoms with Crippen LogP contribution in [0.15, 0.2) is 40.8 Å². The molecule has 0 aliphatic carbocycles. The number of hydrogen-bond donors (Lipinski definition) is 1. The topological polar surface area (TPSA) is 64.0 Å². The Morgan fingerprint density at radius 3 is 2.76 bits per heavy atom. The first kappa shape index (κ1) is 17.4. The molecule has 25 heavy (non-hydrogen) atoms. The van der Waals surface area contributed by atoms with Gasteiger partial charge in [-0.05, 0) is 18.9 Å². The minimum atomic E-state index is -0.174.